The van der Waals surface area contributed by atoms with Gasteiger partial charge in [0.1, 0.15) is 4.90 Å². The molecule has 1 saturated carbocycles. The fourth-order valence-corrected chi connectivity index (χ4v) is 4.65. The molecule has 1 aromatic heterocycles. The van der Waals surface area contributed by atoms with Crippen LogP contribution in [0.3, 0.4) is 0 Å². The zero-order valence-electron chi connectivity index (χ0n) is 14.2. The van der Waals surface area contributed by atoms with Gasteiger partial charge in [-0.2, -0.15) is 5.10 Å². The monoisotopic (exact) mass is 416 g/mol. The van der Waals surface area contributed by atoms with Crippen LogP contribution in [0.4, 0.5) is 0 Å². The van der Waals surface area contributed by atoms with Gasteiger partial charge in [-0.05, 0) is 25.0 Å². The van der Waals surface area contributed by atoms with Gasteiger partial charge < -0.3 is 4.90 Å². The maximum Gasteiger partial charge on any atom is 0.255 e. The Morgan fingerprint density at radius 3 is 2.62 bits per heavy atom. The van der Waals surface area contributed by atoms with Crippen molar-refractivity contribution >= 4 is 39.1 Å². The number of aromatic nitrogens is 2. The van der Waals surface area contributed by atoms with E-state index in [4.69, 9.17) is 23.2 Å². The van der Waals surface area contributed by atoms with E-state index in [0.717, 1.165) is 18.4 Å². The Morgan fingerprint density at radius 2 is 2.04 bits per heavy atom. The van der Waals surface area contributed by atoms with Gasteiger partial charge in [0.05, 0.1) is 21.8 Å². The summed E-state index contributed by atoms with van der Waals surface area (Å²) in [6.07, 6.45) is 5.04. The highest BCUT2D eigenvalue weighted by Gasteiger charge is 2.30. The summed E-state index contributed by atoms with van der Waals surface area (Å²) in [5, 5.41) is 4.14. The Morgan fingerprint density at radius 1 is 1.35 bits per heavy atom. The maximum absolute atomic E-state index is 12.8. The first-order chi connectivity index (χ1) is 12.2. The van der Waals surface area contributed by atoms with Crippen LogP contribution in [0.1, 0.15) is 28.8 Å². The molecule has 0 atom stereocenters. The Kier molecular flexibility index (Phi) is 5.30. The number of benzene rings is 1. The van der Waals surface area contributed by atoms with Crippen molar-refractivity contribution in [2.45, 2.75) is 30.3 Å². The summed E-state index contributed by atoms with van der Waals surface area (Å²) in [6.45, 7) is 0.314. The molecule has 1 amide bonds. The molecule has 0 saturated heterocycles. The standard InChI is InChI=1S/C16H18Cl2N4O3S/c1-21(8-10-7-19-22(2)9-10)16(23)12-5-15(14(18)6-13(12)17)26(24,25)20-11-3-4-11/h5-7,9,11,20H,3-4,8H2,1-2H3. The third kappa shape index (κ3) is 4.20. The van der Waals surface area contributed by atoms with Gasteiger partial charge in [-0.1, -0.05) is 23.2 Å². The number of sulfonamides is 1. The number of amides is 1. The Balaban J connectivity index is 1.88. The normalized spacial score (nSPS) is 14.5. The summed E-state index contributed by atoms with van der Waals surface area (Å²) < 4.78 is 29.1. The average molecular weight is 417 g/mol. The molecular formula is C16H18Cl2N4O3S. The summed E-state index contributed by atoms with van der Waals surface area (Å²) >= 11 is 12.2. The van der Waals surface area contributed by atoms with Crippen LogP contribution in [-0.2, 0) is 23.6 Å². The predicted octanol–water partition coefficient (Wildman–Crippen LogP) is 2.44. The van der Waals surface area contributed by atoms with E-state index in [1.807, 2.05) is 0 Å². The molecule has 1 heterocycles. The molecule has 7 nitrogen and oxygen atoms in total. The highest BCUT2D eigenvalue weighted by molar-refractivity contribution is 7.89. The fraction of sp³-hybridized carbons (Fsp3) is 0.375. The van der Waals surface area contributed by atoms with Gasteiger partial charge in [0, 0.05) is 38.4 Å². The van der Waals surface area contributed by atoms with Crippen LogP contribution >= 0.6 is 23.2 Å². The third-order valence-electron chi connectivity index (χ3n) is 3.97. The number of halogens is 2. The molecule has 1 aliphatic carbocycles. The highest BCUT2D eigenvalue weighted by Crippen LogP contribution is 2.31. The quantitative estimate of drug-likeness (QED) is 0.783. The zero-order valence-corrected chi connectivity index (χ0v) is 16.6. The van der Waals surface area contributed by atoms with E-state index in [2.05, 4.69) is 9.82 Å². The molecule has 2 aromatic rings. The zero-order chi connectivity index (χ0) is 19.1. The predicted molar refractivity (Wildman–Crippen MR) is 98.8 cm³/mol. The number of nitrogens with zero attached hydrogens (tertiary/aromatic N) is 3. The lowest BCUT2D eigenvalue weighted by molar-refractivity contribution is 0.0785. The number of aryl methyl sites for hydroxylation is 1. The van der Waals surface area contributed by atoms with Crippen molar-refractivity contribution in [2.75, 3.05) is 7.05 Å². The Hall–Kier alpha value is -1.61. The Labute approximate surface area is 161 Å². The minimum absolute atomic E-state index is 0.0189. The van der Waals surface area contributed by atoms with E-state index < -0.39 is 15.9 Å². The average Bonchev–Trinajstić information content (AvgIpc) is 3.25. The molecule has 26 heavy (non-hydrogen) atoms. The van der Waals surface area contributed by atoms with Crippen LogP contribution < -0.4 is 4.72 Å². The molecule has 0 spiro atoms. The van der Waals surface area contributed by atoms with Gasteiger partial charge in [0.25, 0.3) is 5.91 Å². The second-order valence-corrected chi connectivity index (χ2v) is 8.84. The molecule has 10 heteroatoms. The van der Waals surface area contributed by atoms with Gasteiger partial charge >= 0.3 is 0 Å². The number of rotatable bonds is 6. The summed E-state index contributed by atoms with van der Waals surface area (Å²) in [6, 6.07) is 2.45. The van der Waals surface area contributed by atoms with Crippen molar-refractivity contribution < 1.29 is 13.2 Å². The van der Waals surface area contributed by atoms with Gasteiger partial charge in [-0.3, -0.25) is 9.48 Å². The number of carbonyl (C=O) groups is 1. The van der Waals surface area contributed by atoms with Crippen LogP contribution in [0.5, 0.6) is 0 Å². The molecule has 140 valence electrons. The van der Waals surface area contributed by atoms with Crippen LogP contribution in [-0.4, -0.2) is 42.1 Å². The molecule has 1 fully saturated rings. The van der Waals surface area contributed by atoms with Crippen molar-refractivity contribution in [1.29, 1.82) is 0 Å². The molecule has 0 aliphatic heterocycles. The van der Waals surface area contributed by atoms with E-state index in [-0.39, 0.29) is 26.5 Å². The molecule has 0 bridgehead atoms. The number of carbonyl (C=O) groups excluding carboxylic acids is 1. The minimum atomic E-state index is -3.81. The molecule has 0 unspecified atom stereocenters. The van der Waals surface area contributed by atoms with Crippen LogP contribution in [0.25, 0.3) is 0 Å². The second-order valence-electron chi connectivity index (χ2n) is 6.34. The van der Waals surface area contributed by atoms with Crippen LogP contribution in [0.2, 0.25) is 10.0 Å². The lowest BCUT2D eigenvalue weighted by Gasteiger charge is -2.18. The molecule has 3 rings (SSSR count). The van der Waals surface area contributed by atoms with E-state index >= 15 is 0 Å². The lowest BCUT2D eigenvalue weighted by Crippen LogP contribution is -2.28. The van der Waals surface area contributed by atoms with Gasteiger partial charge in [-0.25, -0.2) is 13.1 Å². The highest BCUT2D eigenvalue weighted by atomic mass is 35.5. The molecule has 1 aliphatic rings. The van der Waals surface area contributed by atoms with E-state index in [1.54, 1.807) is 31.2 Å². The number of hydrogen-bond donors (Lipinski definition) is 1. The minimum Gasteiger partial charge on any atom is -0.337 e. The molecular weight excluding hydrogens is 399 g/mol. The summed E-state index contributed by atoms with van der Waals surface area (Å²) in [7, 11) is -0.415. The van der Waals surface area contributed by atoms with Crippen LogP contribution in [0.15, 0.2) is 29.4 Å². The Bertz CT molecular complexity index is 954. The largest absolute Gasteiger partial charge is 0.337 e. The number of nitrogens with one attached hydrogen (secondary N) is 1. The van der Waals surface area contributed by atoms with Gasteiger partial charge in [0.15, 0.2) is 0 Å². The molecule has 1 N–H and O–H groups in total. The maximum atomic E-state index is 12.8. The smallest absolute Gasteiger partial charge is 0.255 e. The first kappa shape index (κ1) is 19.2. The fourth-order valence-electron chi connectivity index (χ4n) is 2.49. The molecule has 0 radical (unpaired) electrons. The SMILES string of the molecule is CN(Cc1cnn(C)c1)C(=O)c1cc(S(=O)(=O)NC2CC2)c(Cl)cc1Cl. The van der Waals surface area contributed by atoms with Crippen molar-refractivity contribution in [3.05, 3.63) is 45.7 Å². The summed E-state index contributed by atoms with van der Waals surface area (Å²) in [5.74, 6) is -0.404. The van der Waals surface area contributed by atoms with Crippen LogP contribution in [0, 0.1) is 0 Å². The van der Waals surface area contributed by atoms with Crippen molar-refractivity contribution in [3.8, 4) is 0 Å². The first-order valence-electron chi connectivity index (χ1n) is 7.92. The van der Waals surface area contributed by atoms with Crippen molar-refractivity contribution in [2.24, 2.45) is 7.05 Å². The van der Waals surface area contributed by atoms with E-state index in [9.17, 15) is 13.2 Å². The summed E-state index contributed by atoms with van der Waals surface area (Å²) in [5.41, 5.74) is 0.926. The summed E-state index contributed by atoms with van der Waals surface area (Å²) in [4.78, 5) is 14.1. The van der Waals surface area contributed by atoms with Crippen molar-refractivity contribution in [3.63, 3.8) is 0 Å². The number of hydrogen-bond acceptors (Lipinski definition) is 4. The van der Waals surface area contributed by atoms with Gasteiger partial charge in [-0.15, -0.1) is 0 Å². The van der Waals surface area contributed by atoms with E-state index in [0.29, 0.717) is 6.54 Å². The lowest BCUT2D eigenvalue weighted by atomic mass is 10.2. The second kappa shape index (κ2) is 7.19. The van der Waals surface area contributed by atoms with Crippen molar-refractivity contribution in [1.82, 2.24) is 19.4 Å². The van der Waals surface area contributed by atoms with Gasteiger partial charge in [0.2, 0.25) is 10.0 Å². The molecule has 1 aromatic carbocycles. The first-order valence-corrected chi connectivity index (χ1v) is 10.2. The third-order valence-corrected chi connectivity index (χ3v) is 6.26. The topological polar surface area (TPSA) is 84.3 Å². The van der Waals surface area contributed by atoms with E-state index in [1.165, 1.54) is 17.0 Å².